The molecule has 0 radical (unpaired) electrons. The lowest BCUT2D eigenvalue weighted by Gasteiger charge is -2.06. The van der Waals surface area contributed by atoms with Gasteiger partial charge in [-0.05, 0) is 19.9 Å². The highest BCUT2D eigenvalue weighted by molar-refractivity contribution is 5.91. The van der Waals surface area contributed by atoms with Crippen LogP contribution < -0.4 is 5.32 Å². The number of hydrogen-bond acceptors (Lipinski definition) is 4. The molecule has 0 aliphatic heterocycles. The average Bonchev–Trinajstić information content (AvgIpc) is 3.04. The van der Waals surface area contributed by atoms with Crippen molar-refractivity contribution < 1.29 is 14.7 Å². The van der Waals surface area contributed by atoms with Crippen molar-refractivity contribution >= 4 is 17.6 Å². The van der Waals surface area contributed by atoms with Crippen molar-refractivity contribution in [3.05, 3.63) is 29.8 Å². The maximum absolute atomic E-state index is 11.9. The number of aromatic nitrogens is 4. The van der Waals surface area contributed by atoms with Crippen LogP contribution in [-0.4, -0.2) is 36.5 Å². The maximum atomic E-state index is 11.9. The molecule has 0 unspecified atom stereocenters. The lowest BCUT2D eigenvalue weighted by molar-refractivity contribution is -0.116. The Kier molecular flexibility index (Phi) is 4.36. The van der Waals surface area contributed by atoms with Gasteiger partial charge in [0, 0.05) is 19.2 Å². The van der Waals surface area contributed by atoms with E-state index in [0.717, 1.165) is 12.2 Å². The van der Waals surface area contributed by atoms with Crippen molar-refractivity contribution in [2.24, 2.45) is 0 Å². The Hall–Kier alpha value is -2.64. The summed E-state index contributed by atoms with van der Waals surface area (Å²) in [5.74, 6) is -1.27. The number of hydrogen-bond donors (Lipinski definition) is 2. The normalized spacial score (nSPS) is 10.6. The highest BCUT2D eigenvalue weighted by atomic mass is 16.4. The fraction of sp³-hybridized carbons (Fsp3) is 0.385. The van der Waals surface area contributed by atoms with E-state index in [2.05, 4.69) is 15.5 Å². The first kappa shape index (κ1) is 14.8. The molecule has 112 valence electrons. The van der Waals surface area contributed by atoms with Gasteiger partial charge in [0.2, 0.25) is 5.91 Å². The van der Waals surface area contributed by atoms with E-state index >= 15 is 0 Å². The largest absolute Gasteiger partial charge is 0.477 e. The lowest BCUT2D eigenvalue weighted by atomic mass is 10.3. The second-order valence-corrected chi connectivity index (χ2v) is 4.50. The molecule has 0 saturated heterocycles. The molecule has 0 saturated carbocycles. The predicted molar refractivity (Wildman–Crippen MR) is 75.1 cm³/mol. The van der Waals surface area contributed by atoms with Crippen LogP contribution in [0.5, 0.6) is 0 Å². The topological polar surface area (TPSA) is 102 Å². The van der Waals surface area contributed by atoms with E-state index in [0.29, 0.717) is 5.69 Å². The summed E-state index contributed by atoms with van der Waals surface area (Å²) >= 11 is 0. The molecular weight excluding hydrogens is 274 g/mol. The number of carboxylic acids is 1. The van der Waals surface area contributed by atoms with Crippen LogP contribution in [0.25, 0.3) is 0 Å². The number of aryl methyl sites for hydroxylation is 2. The van der Waals surface area contributed by atoms with Crippen molar-refractivity contribution in [2.75, 3.05) is 5.32 Å². The lowest BCUT2D eigenvalue weighted by Crippen LogP contribution is -2.17. The minimum absolute atomic E-state index is 0.0674. The van der Waals surface area contributed by atoms with E-state index in [1.807, 2.05) is 13.8 Å². The van der Waals surface area contributed by atoms with Gasteiger partial charge in [-0.3, -0.25) is 14.2 Å². The molecule has 0 fully saturated rings. The highest BCUT2D eigenvalue weighted by Gasteiger charge is 2.13. The Morgan fingerprint density at radius 1 is 1.33 bits per heavy atom. The van der Waals surface area contributed by atoms with Crippen molar-refractivity contribution in [3.8, 4) is 0 Å². The van der Waals surface area contributed by atoms with Crippen molar-refractivity contribution in [3.63, 3.8) is 0 Å². The first-order valence-corrected chi connectivity index (χ1v) is 6.60. The molecule has 1 amide bonds. The summed E-state index contributed by atoms with van der Waals surface area (Å²) in [6.07, 6.45) is 3.14. The molecule has 0 spiro atoms. The molecule has 2 heterocycles. The molecule has 8 heteroatoms. The van der Waals surface area contributed by atoms with Crippen molar-refractivity contribution in [2.45, 2.75) is 33.4 Å². The summed E-state index contributed by atoms with van der Waals surface area (Å²) in [5, 5.41) is 19.7. The van der Waals surface area contributed by atoms with Gasteiger partial charge in [-0.1, -0.05) is 0 Å². The van der Waals surface area contributed by atoms with Crippen LogP contribution in [0.2, 0.25) is 0 Å². The van der Waals surface area contributed by atoms with E-state index in [9.17, 15) is 9.59 Å². The molecule has 0 bridgehead atoms. The zero-order valence-corrected chi connectivity index (χ0v) is 11.9. The summed E-state index contributed by atoms with van der Waals surface area (Å²) in [4.78, 5) is 22.8. The third-order valence-corrected chi connectivity index (χ3v) is 3.16. The highest BCUT2D eigenvalue weighted by Crippen LogP contribution is 2.13. The van der Waals surface area contributed by atoms with Crippen LogP contribution in [0.1, 0.15) is 29.5 Å². The van der Waals surface area contributed by atoms with Crippen LogP contribution in [-0.2, 0) is 17.9 Å². The minimum Gasteiger partial charge on any atom is -0.477 e. The molecule has 21 heavy (non-hydrogen) atoms. The number of nitrogens with zero attached hydrogens (tertiary/aromatic N) is 4. The summed E-state index contributed by atoms with van der Waals surface area (Å²) in [6.45, 7) is 4.79. The van der Waals surface area contributed by atoms with Gasteiger partial charge in [0.25, 0.3) is 0 Å². The number of amides is 1. The summed E-state index contributed by atoms with van der Waals surface area (Å²) < 4.78 is 3.08. The number of aromatic carboxylic acids is 1. The number of nitrogens with one attached hydrogen (secondary N) is 1. The smallest absolute Gasteiger partial charge is 0.354 e. The third kappa shape index (κ3) is 3.28. The van der Waals surface area contributed by atoms with Gasteiger partial charge in [-0.25, -0.2) is 4.79 Å². The van der Waals surface area contributed by atoms with E-state index < -0.39 is 5.97 Å². The quantitative estimate of drug-likeness (QED) is 0.830. The molecule has 2 aromatic heterocycles. The monoisotopic (exact) mass is 291 g/mol. The molecule has 2 rings (SSSR count). The second-order valence-electron chi connectivity index (χ2n) is 4.50. The van der Waals surface area contributed by atoms with Crippen molar-refractivity contribution in [1.29, 1.82) is 0 Å². The van der Waals surface area contributed by atoms with Gasteiger partial charge in [-0.2, -0.15) is 10.2 Å². The van der Waals surface area contributed by atoms with Crippen LogP contribution in [0.3, 0.4) is 0 Å². The zero-order valence-electron chi connectivity index (χ0n) is 11.9. The fourth-order valence-electron chi connectivity index (χ4n) is 2.00. The summed E-state index contributed by atoms with van der Waals surface area (Å²) in [6, 6.07) is 1.40. The molecule has 2 N–H and O–H groups in total. The Labute approximate surface area is 121 Å². The van der Waals surface area contributed by atoms with E-state index in [-0.39, 0.29) is 24.6 Å². The van der Waals surface area contributed by atoms with Gasteiger partial charge in [0.05, 0.1) is 24.1 Å². The summed E-state index contributed by atoms with van der Waals surface area (Å²) in [7, 11) is 0. The molecule has 8 nitrogen and oxygen atoms in total. The van der Waals surface area contributed by atoms with Gasteiger partial charge in [-0.15, -0.1) is 0 Å². The number of carbonyl (C=O) groups is 2. The SMILES string of the molecule is CCn1ncc(NC(=O)CCn2nccc2C(=O)O)c1C. The zero-order chi connectivity index (χ0) is 15.4. The molecule has 2 aromatic rings. The molecule has 0 aromatic carbocycles. The minimum atomic E-state index is -1.06. The Morgan fingerprint density at radius 3 is 2.71 bits per heavy atom. The maximum Gasteiger partial charge on any atom is 0.354 e. The van der Waals surface area contributed by atoms with Crippen molar-refractivity contribution in [1.82, 2.24) is 19.6 Å². The third-order valence-electron chi connectivity index (χ3n) is 3.16. The molecular formula is C13H17N5O3. The molecule has 0 atom stereocenters. The number of rotatable bonds is 6. The van der Waals surface area contributed by atoms with Gasteiger partial charge in [0.1, 0.15) is 5.69 Å². The number of anilines is 1. The average molecular weight is 291 g/mol. The van der Waals surface area contributed by atoms with Crippen LogP contribution in [0.4, 0.5) is 5.69 Å². The van der Waals surface area contributed by atoms with E-state index in [1.165, 1.54) is 16.9 Å². The van der Waals surface area contributed by atoms with Gasteiger partial charge >= 0.3 is 5.97 Å². The van der Waals surface area contributed by atoms with E-state index in [4.69, 9.17) is 5.11 Å². The van der Waals surface area contributed by atoms with Crippen LogP contribution >= 0.6 is 0 Å². The fourth-order valence-corrected chi connectivity index (χ4v) is 2.00. The van der Waals surface area contributed by atoms with Gasteiger partial charge < -0.3 is 10.4 Å². The van der Waals surface area contributed by atoms with Crippen LogP contribution in [0, 0.1) is 6.92 Å². The number of carboxylic acid groups (broad SMARTS) is 1. The Balaban J connectivity index is 1.94. The predicted octanol–water partition coefficient (Wildman–Crippen LogP) is 1.13. The molecule has 0 aliphatic carbocycles. The Morgan fingerprint density at radius 2 is 2.10 bits per heavy atom. The Bertz CT molecular complexity index is 659. The van der Waals surface area contributed by atoms with Gasteiger partial charge in [0.15, 0.2) is 0 Å². The van der Waals surface area contributed by atoms with E-state index in [1.54, 1.807) is 10.9 Å². The standard InChI is InChI=1S/C13H17N5O3/c1-3-17-9(2)10(8-15-17)16-12(19)5-7-18-11(13(20)21)4-6-14-18/h4,6,8H,3,5,7H2,1-2H3,(H,16,19)(H,20,21). The number of carbonyl (C=O) groups excluding carboxylic acids is 1. The van der Waals surface area contributed by atoms with Crippen LogP contribution in [0.15, 0.2) is 18.5 Å². The second kappa shape index (κ2) is 6.21. The first-order valence-electron chi connectivity index (χ1n) is 6.60. The first-order chi connectivity index (χ1) is 10.0. The molecule has 0 aliphatic rings. The summed E-state index contributed by atoms with van der Waals surface area (Å²) in [5.41, 5.74) is 1.62.